The Morgan fingerprint density at radius 1 is 0.900 bits per heavy atom. The maximum Gasteiger partial charge on any atom is 0.426 e. The first-order valence-electron chi connectivity index (χ1n) is 6.74. The van der Waals surface area contributed by atoms with Gasteiger partial charge < -0.3 is 5.11 Å². The van der Waals surface area contributed by atoms with Gasteiger partial charge in [0.1, 0.15) is 0 Å². The smallest absolute Gasteiger partial charge is 0.374 e. The van der Waals surface area contributed by atoms with Gasteiger partial charge >= 0.3 is 12.4 Å². The average molecular weight is 304 g/mol. The lowest BCUT2D eigenvalue weighted by Gasteiger charge is -2.39. The lowest BCUT2D eigenvalue weighted by atomic mass is 9.72. The fourth-order valence-electron chi connectivity index (χ4n) is 4.10. The molecule has 0 radical (unpaired) electrons. The molecule has 2 saturated carbocycles. The average Bonchev–Trinajstić information content (AvgIpc) is 2.77. The highest BCUT2D eigenvalue weighted by molar-refractivity contribution is 5.03. The Morgan fingerprint density at radius 2 is 1.40 bits per heavy atom. The van der Waals surface area contributed by atoms with Gasteiger partial charge in [-0.1, -0.05) is 13.8 Å². The lowest BCUT2D eigenvalue weighted by molar-refractivity contribution is -0.373. The summed E-state index contributed by atoms with van der Waals surface area (Å²) < 4.78 is 76.2. The summed E-state index contributed by atoms with van der Waals surface area (Å²) in [6.45, 7) is 3.87. The predicted molar refractivity (Wildman–Crippen MR) is 59.7 cm³/mol. The Bertz CT molecular complexity index is 358. The van der Waals surface area contributed by atoms with E-state index in [0.29, 0.717) is 18.8 Å². The molecule has 0 saturated heterocycles. The van der Waals surface area contributed by atoms with Crippen LogP contribution in [0.5, 0.6) is 0 Å². The summed E-state index contributed by atoms with van der Waals surface area (Å²) in [6, 6.07) is 0. The third-order valence-corrected chi connectivity index (χ3v) is 5.53. The van der Waals surface area contributed by atoms with Crippen molar-refractivity contribution >= 4 is 0 Å². The molecule has 1 nitrogen and oxygen atoms in total. The Kier molecular flexibility index (Phi) is 3.59. The topological polar surface area (TPSA) is 20.2 Å². The van der Waals surface area contributed by atoms with Crippen LogP contribution in [-0.4, -0.2) is 23.1 Å². The highest BCUT2D eigenvalue weighted by Gasteiger charge is 2.71. The Morgan fingerprint density at radius 3 is 1.75 bits per heavy atom. The molecule has 2 aliphatic carbocycles. The van der Waals surface area contributed by atoms with Crippen LogP contribution in [0.1, 0.15) is 33.1 Å². The van der Waals surface area contributed by atoms with E-state index in [4.69, 9.17) is 0 Å². The fourth-order valence-corrected chi connectivity index (χ4v) is 4.10. The van der Waals surface area contributed by atoms with E-state index in [1.807, 2.05) is 13.8 Å². The van der Waals surface area contributed by atoms with Crippen LogP contribution in [0.4, 0.5) is 26.3 Å². The van der Waals surface area contributed by atoms with Crippen molar-refractivity contribution in [2.45, 2.75) is 51.1 Å². The number of alkyl halides is 6. The number of hydrogen-bond donors (Lipinski definition) is 1. The van der Waals surface area contributed by atoms with E-state index >= 15 is 0 Å². The van der Waals surface area contributed by atoms with Gasteiger partial charge in [-0.15, -0.1) is 0 Å². The minimum atomic E-state index is -5.69. The molecule has 0 spiro atoms. The van der Waals surface area contributed by atoms with E-state index in [1.165, 1.54) is 0 Å². The van der Waals surface area contributed by atoms with Gasteiger partial charge in [-0.25, -0.2) is 0 Å². The molecule has 1 N–H and O–H groups in total. The van der Waals surface area contributed by atoms with E-state index in [1.54, 1.807) is 0 Å². The Hall–Kier alpha value is -0.460. The van der Waals surface area contributed by atoms with E-state index in [9.17, 15) is 31.4 Å². The molecule has 2 bridgehead atoms. The minimum absolute atomic E-state index is 0.115. The van der Waals surface area contributed by atoms with Gasteiger partial charge in [-0.05, 0) is 48.9 Å². The largest absolute Gasteiger partial charge is 0.426 e. The Labute approximate surface area is 113 Å². The van der Waals surface area contributed by atoms with Crippen molar-refractivity contribution in [3.05, 3.63) is 0 Å². The van der Waals surface area contributed by atoms with Crippen LogP contribution >= 0.6 is 0 Å². The Balaban J connectivity index is 2.20. The highest BCUT2D eigenvalue weighted by Crippen LogP contribution is 2.59. The summed E-state index contributed by atoms with van der Waals surface area (Å²) >= 11 is 0. The van der Waals surface area contributed by atoms with Crippen LogP contribution in [0.25, 0.3) is 0 Å². The van der Waals surface area contributed by atoms with E-state index in [2.05, 4.69) is 0 Å². The van der Waals surface area contributed by atoms with Crippen LogP contribution in [-0.2, 0) is 0 Å². The van der Waals surface area contributed by atoms with Gasteiger partial charge in [0.25, 0.3) is 5.60 Å². The summed E-state index contributed by atoms with van der Waals surface area (Å²) in [6.07, 6.45) is -11.6. The summed E-state index contributed by atoms with van der Waals surface area (Å²) in [5.74, 6) is -0.220. The summed E-state index contributed by atoms with van der Waals surface area (Å²) in [4.78, 5) is 0. The number of halogens is 6. The van der Waals surface area contributed by atoms with Crippen molar-refractivity contribution in [3.8, 4) is 0 Å². The van der Waals surface area contributed by atoms with Crippen LogP contribution in [0, 0.1) is 29.6 Å². The predicted octanol–water partition coefficient (Wildman–Crippen LogP) is 4.16. The number of rotatable bonds is 2. The van der Waals surface area contributed by atoms with Crippen LogP contribution in [0.2, 0.25) is 0 Å². The number of hydrogen-bond acceptors (Lipinski definition) is 1. The van der Waals surface area contributed by atoms with E-state index < -0.39 is 30.3 Å². The molecule has 0 aromatic carbocycles. The normalized spacial score (nSPS) is 38.5. The first-order valence-corrected chi connectivity index (χ1v) is 6.74. The first-order chi connectivity index (χ1) is 8.88. The van der Waals surface area contributed by atoms with Crippen molar-refractivity contribution in [3.63, 3.8) is 0 Å². The van der Waals surface area contributed by atoms with Crippen LogP contribution < -0.4 is 0 Å². The summed E-state index contributed by atoms with van der Waals surface area (Å²) in [5.41, 5.74) is -4.59. The number of fused-ring (bicyclic) bond motifs is 2. The minimum Gasteiger partial charge on any atom is -0.374 e. The van der Waals surface area contributed by atoms with Crippen LogP contribution in [0.3, 0.4) is 0 Å². The van der Waals surface area contributed by atoms with Gasteiger partial charge in [0.15, 0.2) is 0 Å². The molecule has 0 amide bonds. The molecular formula is C13H18F6O. The number of aliphatic hydroxyl groups is 1. The molecule has 118 valence electrons. The second kappa shape index (κ2) is 4.52. The van der Waals surface area contributed by atoms with Crippen molar-refractivity contribution in [1.29, 1.82) is 0 Å². The third-order valence-electron chi connectivity index (χ3n) is 5.53. The summed E-state index contributed by atoms with van der Waals surface area (Å²) in [5, 5.41) is 9.28. The molecule has 2 rings (SSSR count). The van der Waals surface area contributed by atoms with Crippen LogP contribution in [0.15, 0.2) is 0 Å². The maximum absolute atomic E-state index is 12.7. The van der Waals surface area contributed by atoms with Gasteiger partial charge in [0, 0.05) is 0 Å². The molecule has 2 fully saturated rings. The zero-order valence-corrected chi connectivity index (χ0v) is 11.2. The molecule has 7 heteroatoms. The SMILES string of the molecule is CC1C2CC(CC2CC(O)(C(F)(F)F)C(F)(F)F)[C@H]1C. The summed E-state index contributed by atoms with van der Waals surface area (Å²) in [7, 11) is 0. The maximum atomic E-state index is 12.7. The molecule has 5 atom stereocenters. The second-order valence-electron chi connectivity index (χ2n) is 6.43. The van der Waals surface area contributed by atoms with Gasteiger partial charge in [0.05, 0.1) is 0 Å². The van der Waals surface area contributed by atoms with E-state index in [0.717, 1.165) is 0 Å². The highest BCUT2D eigenvalue weighted by atomic mass is 19.4. The molecule has 20 heavy (non-hydrogen) atoms. The molecule has 4 unspecified atom stereocenters. The zero-order chi connectivity index (χ0) is 15.5. The third kappa shape index (κ3) is 2.22. The zero-order valence-electron chi connectivity index (χ0n) is 11.2. The molecule has 0 aromatic heterocycles. The second-order valence-corrected chi connectivity index (χ2v) is 6.43. The lowest BCUT2D eigenvalue weighted by Crippen LogP contribution is -2.58. The molecular weight excluding hydrogens is 286 g/mol. The molecule has 2 aliphatic rings. The standard InChI is InChI=1S/C13H18F6O/c1-6-7(2)10-4-8(6)3-9(10)5-11(20,12(14,15)16)13(17,18)19/h6-10,20H,3-5H2,1-2H3/t6-,7?,8?,9?,10?/m0/s1. The molecule has 0 aliphatic heterocycles. The quantitative estimate of drug-likeness (QED) is 0.760. The van der Waals surface area contributed by atoms with Gasteiger partial charge in [-0.3, -0.25) is 0 Å². The van der Waals surface area contributed by atoms with Crippen molar-refractivity contribution in [1.82, 2.24) is 0 Å². The molecule has 0 heterocycles. The van der Waals surface area contributed by atoms with E-state index in [-0.39, 0.29) is 17.8 Å². The van der Waals surface area contributed by atoms with Gasteiger partial charge in [0.2, 0.25) is 0 Å². The van der Waals surface area contributed by atoms with Gasteiger partial charge in [-0.2, -0.15) is 26.3 Å². The van der Waals surface area contributed by atoms with Crippen molar-refractivity contribution in [2.24, 2.45) is 29.6 Å². The van der Waals surface area contributed by atoms with Crippen molar-refractivity contribution in [2.75, 3.05) is 0 Å². The fraction of sp³-hybridized carbons (Fsp3) is 1.00. The first kappa shape index (κ1) is 15.9. The molecule has 0 aromatic rings. The monoisotopic (exact) mass is 304 g/mol. The van der Waals surface area contributed by atoms with Crippen molar-refractivity contribution < 1.29 is 31.4 Å².